The van der Waals surface area contributed by atoms with Crippen molar-refractivity contribution in [2.45, 2.75) is 153 Å². The number of aliphatic hydroxyl groups is 2. The number of carbonyl (C=O) groups excluding carboxylic acids is 3. The first-order chi connectivity index (χ1) is 36.3. The molecule has 17 nitrogen and oxygen atoms in total. The van der Waals surface area contributed by atoms with Crippen LogP contribution >= 0.6 is 0 Å². The van der Waals surface area contributed by atoms with Crippen molar-refractivity contribution in [3.05, 3.63) is 108 Å². The molecule has 8 aliphatic rings. The van der Waals surface area contributed by atoms with E-state index in [0.29, 0.717) is 53.3 Å². The highest BCUT2D eigenvalue weighted by Gasteiger charge is 2.57. The highest BCUT2D eigenvalue weighted by molar-refractivity contribution is 5.93. The summed E-state index contributed by atoms with van der Waals surface area (Å²) in [5.74, 6) is 0.617. The van der Waals surface area contributed by atoms with Crippen LogP contribution in [0, 0.1) is 28.0 Å². The molecule has 3 aliphatic carbocycles. The van der Waals surface area contributed by atoms with E-state index >= 15 is 0 Å². The molecule has 6 heterocycles. The van der Waals surface area contributed by atoms with E-state index in [2.05, 4.69) is 68.0 Å². The van der Waals surface area contributed by atoms with Crippen molar-refractivity contribution >= 4 is 23.7 Å². The summed E-state index contributed by atoms with van der Waals surface area (Å²) in [4.78, 5) is 66.0. The van der Waals surface area contributed by atoms with Gasteiger partial charge in [0.25, 0.3) is 5.91 Å². The highest BCUT2D eigenvalue weighted by atomic mass is 19.1. The molecule has 18 heteroatoms. The number of nitrogens with one attached hydrogen (secondary N) is 2. The molecule has 404 valence electrons. The van der Waals surface area contributed by atoms with Crippen LogP contribution in [0.25, 0.3) is 11.1 Å². The Morgan fingerprint density at radius 2 is 1.58 bits per heavy atom. The highest BCUT2D eigenvalue weighted by Crippen LogP contribution is 2.60. The SMILES string of the molecule is CC(C)(C)[C@H](NC(=O)C1CC2(C1)CC(N1CCC(c3cnc(N4C5CCC4CN(C4=C(N)N=NC(C)(C6(C)CC=CC=C6O)C4)C5)nc3)CC1)C2)C(=O)N1C[C@H](O)C[C@H]1C(=O)NOc1ccc(-c2ccccc2F)cc1. The summed E-state index contributed by atoms with van der Waals surface area (Å²) in [6.45, 7) is 13.4. The predicted octanol–water partition coefficient (Wildman–Crippen LogP) is 7.43. The minimum absolute atomic E-state index is 0.0285. The maximum absolute atomic E-state index is 14.3. The van der Waals surface area contributed by atoms with Crippen LogP contribution in [0.3, 0.4) is 0 Å². The number of likely N-dealkylation sites (tertiary alicyclic amines) is 3. The van der Waals surface area contributed by atoms with E-state index in [9.17, 15) is 29.0 Å². The molecule has 76 heavy (non-hydrogen) atoms. The van der Waals surface area contributed by atoms with E-state index in [4.69, 9.17) is 20.5 Å². The number of hydroxylamine groups is 1. The number of azo groups is 1. The van der Waals surface area contributed by atoms with E-state index in [0.717, 1.165) is 89.2 Å². The zero-order valence-electron chi connectivity index (χ0n) is 44.5. The molecule has 2 aromatic carbocycles. The van der Waals surface area contributed by atoms with Gasteiger partial charge in [0.15, 0.2) is 11.6 Å². The van der Waals surface area contributed by atoms with Crippen LogP contribution in [0.4, 0.5) is 10.3 Å². The molecule has 7 atom stereocenters. The maximum atomic E-state index is 14.3. The van der Waals surface area contributed by atoms with Gasteiger partial charge in [-0.25, -0.2) is 14.4 Å². The number of benzene rings is 2. The van der Waals surface area contributed by atoms with Crippen molar-refractivity contribution in [2.75, 3.05) is 37.6 Å². The first-order valence-corrected chi connectivity index (χ1v) is 27.5. The number of nitrogens with zero attached hydrogens (tertiary/aromatic N) is 8. The monoisotopic (exact) mass is 1040 g/mol. The number of allylic oxidation sites excluding steroid dienone is 3. The number of halogens is 1. The lowest BCUT2D eigenvalue weighted by molar-refractivity contribution is -0.151. The van der Waals surface area contributed by atoms with Gasteiger partial charge in [-0.2, -0.15) is 10.6 Å². The summed E-state index contributed by atoms with van der Waals surface area (Å²) >= 11 is 0. The number of piperidine rings is 1. The first kappa shape index (κ1) is 51.7. The Labute approximate surface area is 444 Å². The van der Waals surface area contributed by atoms with E-state index < -0.39 is 46.4 Å². The normalized spacial score (nSPS) is 31.9. The van der Waals surface area contributed by atoms with Gasteiger partial charge in [-0.05, 0) is 137 Å². The Kier molecular flexibility index (Phi) is 13.5. The van der Waals surface area contributed by atoms with E-state index in [1.165, 1.54) is 16.5 Å². The van der Waals surface area contributed by atoms with Crippen LogP contribution in [-0.2, 0) is 14.4 Å². The van der Waals surface area contributed by atoms with Crippen LogP contribution in [0.15, 0.2) is 107 Å². The number of carbonyl (C=O) groups is 3. The number of piperazine rings is 1. The molecule has 4 saturated heterocycles. The lowest BCUT2D eigenvalue weighted by Gasteiger charge is -2.60. The van der Waals surface area contributed by atoms with Gasteiger partial charge in [0.1, 0.15) is 23.7 Å². The Morgan fingerprint density at radius 3 is 2.24 bits per heavy atom. The number of anilines is 1. The molecular weight excluding hydrogens is 966 g/mol. The maximum Gasteiger partial charge on any atom is 0.275 e. The number of amides is 3. The molecule has 2 bridgehead atoms. The Bertz CT molecular complexity index is 2820. The van der Waals surface area contributed by atoms with Gasteiger partial charge < -0.3 is 45.7 Å². The zero-order valence-corrected chi connectivity index (χ0v) is 44.5. The second-order valence-corrected chi connectivity index (χ2v) is 24.8. The fraction of sp³-hybridized carbons (Fsp3) is 0.569. The van der Waals surface area contributed by atoms with Crippen LogP contribution < -0.4 is 26.3 Å². The van der Waals surface area contributed by atoms with Gasteiger partial charge in [0.05, 0.1) is 22.8 Å². The molecule has 1 spiro atoms. The summed E-state index contributed by atoms with van der Waals surface area (Å²) < 4.78 is 14.3. The third-order valence-electron chi connectivity index (χ3n) is 18.8. The van der Waals surface area contributed by atoms with Gasteiger partial charge >= 0.3 is 0 Å². The molecule has 3 amide bonds. The minimum Gasteiger partial charge on any atom is -0.512 e. The van der Waals surface area contributed by atoms with Crippen molar-refractivity contribution in [3.8, 4) is 16.9 Å². The average molecular weight is 1040 g/mol. The molecule has 11 rings (SSSR count). The first-order valence-electron chi connectivity index (χ1n) is 27.5. The largest absolute Gasteiger partial charge is 0.512 e. The third-order valence-corrected chi connectivity index (χ3v) is 18.8. The molecular formula is C58H74FN11O6. The Morgan fingerprint density at radius 1 is 0.895 bits per heavy atom. The van der Waals surface area contributed by atoms with Gasteiger partial charge in [-0.15, -0.1) is 5.11 Å². The number of aromatic nitrogens is 2. The van der Waals surface area contributed by atoms with Crippen molar-refractivity contribution in [3.63, 3.8) is 0 Å². The zero-order chi connectivity index (χ0) is 53.3. The topological polar surface area (TPSA) is 214 Å². The quantitative estimate of drug-likeness (QED) is 0.112. The predicted molar refractivity (Wildman–Crippen MR) is 284 cm³/mol. The van der Waals surface area contributed by atoms with Gasteiger partial charge in [0.2, 0.25) is 17.8 Å². The fourth-order valence-corrected chi connectivity index (χ4v) is 13.9. The lowest BCUT2D eigenvalue weighted by atomic mass is 9.49. The second kappa shape index (κ2) is 19.9. The molecule has 1 aromatic heterocycles. The summed E-state index contributed by atoms with van der Waals surface area (Å²) in [5.41, 5.74) is 10.6. The van der Waals surface area contributed by atoms with Crippen molar-refractivity contribution in [2.24, 2.45) is 38.1 Å². The molecule has 2 saturated carbocycles. The van der Waals surface area contributed by atoms with E-state index in [1.54, 1.807) is 48.5 Å². The van der Waals surface area contributed by atoms with E-state index in [-0.39, 0.29) is 48.1 Å². The van der Waals surface area contributed by atoms with E-state index in [1.807, 2.05) is 26.8 Å². The molecule has 5 aliphatic heterocycles. The number of aliphatic hydroxyl groups excluding tert-OH is 2. The number of rotatable bonds is 12. The van der Waals surface area contributed by atoms with Crippen LogP contribution in [-0.4, -0.2) is 127 Å². The van der Waals surface area contributed by atoms with Crippen molar-refractivity contribution in [1.82, 2.24) is 35.5 Å². The van der Waals surface area contributed by atoms with Crippen LogP contribution in [0.1, 0.15) is 117 Å². The van der Waals surface area contributed by atoms with Gasteiger partial charge in [-0.3, -0.25) is 14.4 Å². The van der Waals surface area contributed by atoms with Crippen LogP contribution in [0.2, 0.25) is 0 Å². The second-order valence-electron chi connectivity index (χ2n) is 24.8. The number of nitrogens with two attached hydrogens (primary N) is 1. The summed E-state index contributed by atoms with van der Waals surface area (Å²) in [5, 5.41) is 33.9. The smallest absolute Gasteiger partial charge is 0.275 e. The Hall–Kier alpha value is -6.40. The third kappa shape index (κ3) is 9.61. The minimum atomic E-state index is -1.00. The number of β-amino-alcohol motifs (C(OH)–C–C–N with tert-alkyl or cyclic N) is 1. The standard InChI is InChI=1S/C58H74FN11O6/c1-55(2,3)49(53(75)69-34-42(71)24-46(69)52(74)65-76-43-17-13-36(14-18-43)44-10-6-7-11-45(44)59)63-51(73)37-25-58(26-37)27-41(28-58)67-22-19-35(20-23-67)38-30-61-54(62-31-38)70-39-15-16-40(70)33-68(32-39)47-29-57(5,66-64-50(47)60)56(4)21-9-8-12-48(56)72/h6-14,17-18,30-31,35,37,39-42,46,49,71-72H,15-16,19-29,32-34,60H2,1-5H3,(H,63,73)(H,65,74)/t37?,39?,40?,41?,42-,46+,49-,56?,57?,58?/m1/s1. The summed E-state index contributed by atoms with van der Waals surface area (Å²) in [6.07, 6.45) is 18.2. The molecule has 4 unspecified atom stereocenters. The summed E-state index contributed by atoms with van der Waals surface area (Å²) in [7, 11) is 0. The molecule has 3 aromatic rings. The van der Waals surface area contributed by atoms with Gasteiger partial charge in [0, 0.05) is 74.5 Å². The number of hydrogen-bond donors (Lipinski definition) is 5. The lowest BCUT2D eigenvalue weighted by Crippen LogP contribution is -2.62. The molecule has 6 N–H and O–H groups in total. The fourth-order valence-electron chi connectivity index (χ4n) is 13.9. The average Bonchev–Trinajstić information content (AvgIpc) is 4.00. The van der Waals surface area contributed by atoms with Gasteiger partial charge in [-0.1, -0.05) is 63.3 Å². The molecule has 0 radical (unpaired) electrons. The summed E-state index contributed by atoms with van der Waals surface area (Å²) in [6, 6.07) is 12.2. The van der Waals surface area contributed by atoms with Crippen molar-refractivity contribution < 1.29 is 33.8 Å². The Balaban J connectivity index is 0.627. The van der Waals surface area contributed by atoms with Crippen molar-refractivity contribution in [1.29, 1.82) is 0 Å². The molecule has 6 fully saturated rings. The number of hydrogen-bond acceptors (Lipinski definition) is 14. The van der Waals surface area contributed by atoms with Crippen LogP contribution in [0.5, 0.6) is 5.75 Å². The number of fused-ring (bicyclic) bond motifs is 2.